The van der Waals surface area contributed by atoms with E-state index in [-0.39, 0.29) is 23.4 Å². The first-order valence-electron chi connectivity index (χ1n) is 13.8. The predicted octanol–water partition coefficient (Wildman–Crippen LogP) is 7.95. The molecule has 2 aliphatic carbocycles. The zero-order valence-electron chi connectivity index (χ0n) is 23.0. The first kappa shape index (κ1) is 23.9. The van der Waals surface area contributed by atoms with Crippen molar-refractivity contribution in [3.05, 3.63) is 87.5 Å². The average molecular weight is 517 g/mol. The molecule has 5 heterocycles. The number of aliphatic hydroxyl groups excluding tert-OH is 1. The van der Waals surface area contributed by atoms with Gasteiger partial charge in [-0.25, -0.2) is 9.97 Å². The molecule has 3 aliphatic heterocycles. The van der Waals surface area contributed by atoms with Crippen LogP contribution in [0.4, 0.5) is 0 Å². The van der Waals surface area contributed by atoms with Gasteiger partial charge in [0.1, 0.15) is 5.76 Å². The van der Waals surface area contributed by atoms with Crippen molar-refractivity contribution in [2.75, 3.05) is 0 Å². The molecular weight excluding hydrogens is 484 g/mol. The highest BCUT2D eigenvalue weighted by Gasteiger charge is 2.41. The van der Waals surface area contributed by atoms with Crippen LogP contribution in [-0.2, 0) is 0 Å². The van der Waals surface area contributed by atoms with Gasteiger partial charge in [0.05, 0.1) is 39.4 Å². The van der Waals surface area contributed by atoms with Crippen molar-refractivity contribution in [2.24, 2.45) is 0 Å². The topological polar surface area (TPSA) is 94.7 Å². The summed E-state index contributed by atoms with van der Waals surface area (Å²) in [6, 6.07) is 6.29. The van der Waals surface area contributed by atoms with Gasteiger partial charge in [-0.05, 0) is 74.1 Å². The molecule has 8 bridgehead atoms. The zero-order chi connectivity index (χ0) is 27.3. The van der Waals surface area contributed by atoms with Crippen molar-refractivity contribution in [2.45, 2.75) is 65.7 Å². The van der Waals surface area contributed by atoms with Crippen LogP contribution in [0.25, 0.3) is 38.9 Å². The highest BCUT2D eigenvalue weighted by molar-refractivity contribution is 6.39. The quantitative estimate of drug-likeness (QED) is 0.377. The van der Waals surface area contributed by atoms with Crippen LogP contribution >= 0.6 is 0 Å². The summed E-state index contributed by atoms with van der Waals surface area (Å²) in [5, 5.41) is 11.1. The van der Waals surface area contributed by atoms with Crippen molar-refractivity contribution >= 4 is 44.7 Å². The maximum atomic E-state index is 13.8. The summed E-state index contributed by atoms with van der Waals surface area (Å²) in [7, 11) is 0. The van der Waals surface area contributed by atoms with Gasteiger partial charge < -0.3 is 15.1 Å². The minimum absolute atomic E-state index is 0.0998. The number of hydrogen-bond acceptors (Lipinski definition) is 4. The van der Waals surface area contributed by atoms with Gasteiger partial charge in [0.25, 0.3) is 0 Å². The molecule has 7 rings (SSSR count). The summed E-state index contributed by atoms with van der Waals surface area (Å²) in [5.41, 5.74) is 14.6. The van der Waals surface area contributed by atoms with Crippen LogP contribution in [0, 0.1) is 6.92 Å². The van der Waals surface area contributed by atoms with E-state index in [0.717, 1.165) is 85.9 Å². The van der Waals surface area contributed by atoms with Gasteiger partial charge in [-0.15, -0.1) is 0 Å². The Bertz CT molecular complexity index is 1840. The van der Waals surface area contributed by atoms with Gasteiger partial charge in [0.2, 0.25) is 0 Å². The summed E-state index contributed by atoms with van der Waals surface area (Å²) in [6.45, 7) is 14.6. The predicted molar refractivity (Wildman–Crippen MR) is 157 cm³/mol. The number of fused-ring (bicyclic) bond motifs is 6. The van der Waals surface area contributed by atoms with Crippen LogP contribution in [0.15, 0.2) is 36.6 Å². The Balaban J connectivity index is 1.69. The number of hydrogen-bond donors (Lipinski definition) is 3. The van der Waals surface area contributed by atoms with Crippen LogP contribution in [0.1, 0.15) is 114 Å². The zero-order valence-corrected chi connectivity index (χ0v) is 23.0. The molecule has 3 N–H and O–H groups in total. The molecule has 6 nitrogen and oxygen atoms in total. The second-order valence-corrected chi connectivity index (χ2v) is 11.3. The fraction of sp³-hybridized carbons (Fsp3) is 0.303. The van der Waals surface area contributed by atoms with Gasteiger partial charge in [0, 0.05) is 46.3 Å². The Kier molecular flexibility index (Phi) is 5.00. The van der Waals surface area contributed by atoms with Crippen molar-refractivity contribution in [3.63, 3.8) is 0 Å². The van der Waals surface area contributed by atoms with Crippen LogP contribution in [0.2, 0.25) is 0 Å². The number of allylic oxidation sites excluding steroid dienone is 7. The Morgan fingerprint density at radius 3 is 2.51 bits per heavy atom. The summed E-state index contributed by atoms with van der Waals surface area (Å²) >= 11 is 0. The van der Waals surface area contributed by atoms with E-state index in [4.69, 9.17) is 9.97 Å². The van der Waals surface area contributed by atoms with E-state index in [1.165, 1.54) is 5.57 Å². The van der Waals surface area contributed by atoms with E-state index in [9.17, 15) is 9.90 Å². The molecule has 0 saturated heterocycles. The fourth-order valence-electron chi connectivity index (χ4n) is 7.05. The van der Waals surface area contributed by atoms with E-state index in [0.29, 0.717) is 17.6 Å². The van der Waals surface area contributed by atoms with Crippen molar-refractivity contribution in [1.82, 2.24) is 19.9 Å². The van der Waals surface area contributed by atoms with E-state index < -0.39 is 0 Å². The van der Waals surface area contributed by atoms with Gasteiger partial charge in [-0.2, -0.15) is 0 Å². The Labute approximate surface area is 227 Å². The van der Waals surface area contributed by atoms with Gasteiger partial charge in [-0.3, -0.25) is 4.79 Å². The molecule has 2 aromatic heterocycles. The Hall–Kier alpha value is -4.19. The van der Waals surface area contributed by atoms with E-state index >= 15 is 0 Å². The summed E-state index contributed by atoms with van der Waals surface area (Å²) in [6.07, 6.45) is 3.97. The van der Waals surface area contributed by atoms with Gasteiger partial charge >= 0.3 is 0 Å². The number of nitrogens with zero attached hydrogens (tertiary/aromatic N) is 2. The minimum Gasteiger partial charge on any atom is -0.512 e. The van der Waals surface area contributed by atoms with Crippen LogP contribution < -0.4 is 0 Å². The molecule has 0 saturated carbocycles. The minimum atomic E-state index is -0.0998. The number of H-pyrrole nitrogens is 2. The summed E-state index contributed by atoms with van der Waals surface area (Å²) in [4.78, 5) is 31.2. The molecule has 2 atom stereocenters. The number of aryl methyl sites for hydroxylation is 1. The van der Waals surface area contributed by atoms with Gasteiger partial charge in [0.15, 0.2) is 5.78 Å². The van der Waals surface area contributed by atoms with E-state index in [1.807, 2.05) is 13.0 Å². The third kappa shape index (κ3) is 3.11. The molecule has 5 aliphatic rings. The van der Waals surface area contributed by atoms with Crippen molar-refractivity contribution < 1.29 is 9.90 Å². The first-order valence-corrected chi connectivity index (χ1v) is 13.8. The second kappa shape index (κ2) is 8.15. The fourth-order valence-corrected chi connectivity index (χ4v) is 7.05. The van der Waals surface area contributed by atoms with E-state index in [1.54, 1.807) is 0 Å². The van der Waals surface area contributed by atoms with Crippen molar-refractivity contribution in [1.29, 1.82) is 0 Å². The lowest BCUT2D eigenvalue weighted by Crippen LogP contribution is -2.02. The molecule has 196 valence electrons. The Morgan fingerprint density at radius 2 is 1.77 bits per heavy atom. The maximum Gasteiger partial charge on any atom is 0.199 e. The highest BCUT2D eigenvalue weighted by atomic mass is 16.3. The third-order valence-corrected chi connectivity index (χ3v) is 9.33. The second-order valence-electron chi connectivity index (χ2n) is 11.3. The molecule has 6 heteroatoms. The molecule has 0 spiro atoms. The number of nitrogens with one attached hydrogen (secondary N) is 2. The molecule has 0 amide bonds. The van der Waals surface area contributed by atoms with Crippen LogP contribution in [-0.4, -0.2) is 30.8 Å². The number of aromatic nitrogens is 4. The monoisotopic (exact) mass is 516 g/mol. The SMILES string of the molecule is C=CC1=C(C)c2cc3[nH]c4c5c6[nH]c(cc7nc(cc1n2)C(C)=C7CC)c(C)c6C(=O)C5=C(O)CCC4[C@@H]3C. The highest BCUT2D eigenvalue weighted by Crippen LogP contribution is 2.50. The number of carbonyl (C=O) groups is 1. The number of Topliss-reactive ketones (excluding diaryl/α,β-unsaturated/α-hetero) is 1. The standard InChI is InChI=1S/C33H32N4O2/c1-7-18-14(3)21-11-23-16(5)20-9-10-27(38)29-30(31(20)36-23)32-28(33(29)39)17(6)24(37-32)13-26-19(8-2)15(4)22(35-26)12-25(18)34-21/h7,11-13,16,20,36-38H,1,8-10H2,2-6H3/t16-,20?/m0/s1. The normalized spacial score (nSPS) is 20.8. The summed E-state index contributed by atoms with van der Waals surface area (Å²) < 4.78 is 0. The smallest absolute Gasteiger partial charge is 0.199 e. The number of rotatable bonds is 2. The number of ketones is 1. The summed E-state index contributed by atoms with van der Waals surface area (Å²) in [5.74, 6) is 0.429. The molecular formula is C33H32N4O2. The van der Waals surface area contributed by atoms with Crippen LogP contribution in [0.5, 0.6) is 0 Å². The molecule has 0 radical (unpaired) electrons. The molecule has 0 fully saturated rings. The molecule has 2 aromatic rings. The van der Waals surface area contributed by atoms with Crippen molar-refractivity contribution in [3.8, 4) is 0 Å². The Morgan fingerprint density at radius 1 is 1.03 bits per heavy atom. The molecule has 39 heavy (non-hydrogen) atoms. The lowest BCUT2D eigenvalue weighted by molar-refractivity contribution is 0.105. The third-order valence-electron chi connectivity index (χ3n) is 9.33. The van der Waals surface area contributed by atoms with E-state index in [2.05, 4.69) is 62.4 Å². The number of aromatic amines is 2. The average Bonchev–Trinajstić information content (AvgIpc) is 3.62. The van der Waals surface area contributed by atoms with Crippen LogP contribution in [0.3, 0.4) is 0 Å². The first-order chi connectivity index (χ1) is 18.7. The molecule has 1 unspecified atom stereocenters. The van der Waals surface area contributed by atoms with Gasteiger partial charge in [-0.1, -0.05) is 26.5 Å². The largest absolute Gasteiger partial charge is 0.512 e. The lowest BCUT2D eigenvalue weighted by atomic mass is 9.87. The lowest BCUT2D eigenvalue weighted by Gasteiger charge is -2.15. The number of carbonyl (C=O) groups excluding carboxylic acids is 1. The molecule has 0 aromatic carbocycles. The maximum absolute atomic E-state index is 13.8. The number of aliphatic hydroxyl groups is 1.